The Kier molecular flexibility index (Phi) is 7.36. The van der Waals surface area contributed by atoms with Crippen LogP contribution in [0.5, 0.6) is 0 Å². The number of furan rings is 2. The van der Waals surface area contributed by atoms with Gasteiger partial charge in [0.15, 0.2) is 0 Å². The van der Waals surface area contributed by atoms with Crippen molar-refractivity contribution in [3.05, 3.63) is 162 Å². The molecule has 0 radical (unpaired) electrons. The van der Waals surface area contributed by atoms with E-state index in [0.29, 0.717) is 0 Å². The van der Waals surface area contributed by atoms with Crippen LogP contribution in [0.2, 0.25) is 0 Å². The van der Waals surface area contributed by atoms with E-state index in [1.165, 1.54) is 49.9 Å². The summed E-state index contributed by atoms with van der Waals surface area (Å²) in [7, 11) is 0. The van der Waals surface area contributed by atoms with Gasteiger partial charge in [-0.3, -0.25) is 0 Å². The molecule has 0 spiro atoms. The minimum atomic E-state index is -0.138. The molecule has 0 N–H and O–H groups in total. The highest BCUT2D eigenvalue weighted by molar-refractivity contribution is 6.13. The molecule has 0 unspecified atom stereocenters. The normalized spacial score (nSPS) is 13.9. The van der Waals surface area contributed by atoms with Gasteiger partial charge in [-0.2, -0.15) is 0 Å². The number of hydrogen-bond acceptors (Lipinski definition) is 3. The van der Waals surface area contributed by atoms with Crippen molar-refractivity contribution in [3.63, 3.8) is 0 Å². The number of rotatable bonds is 4. The Morgan fingerprint density at radius 2 is 1.11 bits per heavy atom. The summed E-state index contributed by atoms with van der Waals surface area (Å²) in [5, 5.41) is 4.56. The minimum Gasteiger partial charge on any atom is -0.456 e. The Hall–Kier alpha value is -6.06. The maximum Gasteiger partial charge on any atom is 0.137 e. The average Bonchev–Trinajstić information content (AvgIpc) is 3.81. The maximum absolute atomic E-state index is 6.70. The third-order valence-electron chi connectivity index (χ3n) is 12.1. The molecule has 10 rings (SSSR count). The third kappa shape index (κ3) is 5.24. The number of benzene rings is 7. The summed E-state index contributed by atoms with van der Waals surface area (Å²) in [6.45, 7) is 18.4. The van der Waals surface area contributed by atoms with Crippen LogP contribution in [0.15, 0.2) is 148 Å². The zero-order chi connectivity index (χ0) is 38.7. The van der Waals surface area contributed by atoms with E-state index in [1.54, 1.807) is 0 Å². The fraction of sp³-hybridized carbons (Fsp3) is 0.208. The van der Waals surface area contributed by atoms with Gasteiger partial charge >= 0.3 is 0 Å². The van der Waals surface area contributed by atoms with E-state index in [0.717, 1.165) is 55.6 Å². The Labute approximate surface area is 329 Å². The van der Waals surface area contributed by atoms with Crippen LogP contribution in [-0.2, 0) is 16.2 Å². The van der Waals surface area contributed by atoms with Crippen LogP contribution in [0.1, 0.15) is 77.6 Å². The number of anilines is 3. The van der Waals surface area contributed by atoms with Gasteiger partial charge in [-0.05, 0) is 110 Å². The Morgan fingerprint density at radius 1 is 0.446 bits per heavy atom. The van der Waals surface area contributed by atoms with E-state index >= 15 is 0 Å². The van der Waals surface area contributed by atoms with E-state index < -0.39 is 0 Å². The van der Waals surface area contributed by atoms with Crippen molar-refractivity contribution in [1.29, 1.82) is 0 Å². The minimum absolute atomic E-state index is 0.00666. The van der Waals surface area contributed by atoms with Crippen molar-refractivity contribution in [3.8, 4) is 22.3 Å². The molecule has 276 valence electrons. The molecule has 3 heteroatoms. The second-order valence-electron chi connectivity index (χ2n) is 18.2. The first kappa shape index (κ1) is 34.4. The van der Waals surface area contributed by atoms with E-state index in [9.17, 15) is 0 Å². The van der Waals surface area contributed by atoms with Gasteiger partial charge in [0.05, 0.1) is 0 Å². The zero-order valence-corrected chi connectivity index (χ0v) is 33.5. The molecule has 3 nitrogen and oxygen atoms in total. The largest absolute Gasteiger partial charge is 0.456 e. The molecule has 9 aromatic rings. The van der Waals surface area contributed by atoms with Crippen molar-refractivity contribution >= 4 is 60.9 Å². The van der Waals surface area contributed by atoms with Crippen molar-refractivity contribution in [2.75, 3.05) is 4.90 Å². The summed E-state index contributed by atoms with van der Waals surface area (Å²) in [6.07, 6.45) is 0. The van der Waals surface area contributed by atoms with Gasteiger partial charge in [0.25, 0.3) is 0 Å². The van der Waals surface area contributed by atoms with Crippen molar-refractivity contribution in [2.24, 2.45) is 0 Å². The fourth-order valence-electron chi connectivity index (χ4n) is 9.15. The zero-order valence-electron chi connectivity index (χ0n) is 33.5. The lowest BCUT2D eigenvalue weighted by molar-refractivity contribution is 0.569. The summed E-state index contributed by atoms with van der Waals surface area (Å²) >= 11 is 0. The van der Waals surface area contributed by atoms with Crippen LogP contribution in [0.25, 0.3) is 66.1 Å². The molecule has 0 bridgehead atoms. The van der Waals surface area contributed by atoms with Gasteiger partial charge < -0.3 is 13.7 Å². The van der Waals surface area contributed by atoms with Crippen LogP contribution in [0.4, 0.5) is 17.1 Å². The quantitative estimate of drug-likeness (QED) is 0.181. The molecule has 0 saturated heterocycles. The highest BCUT2D eigenvalue weighted by Crippen LogP contribution is 2.51. The van der Waals surface area contributed by atoms with Crippen molar-refractivity contribution < 1.29 is 8.83 Å². The van der Waals surface area contributed by atoms with E-state index in [2.05, 4.69) is 200 Å². The smallest absolute Gasteiger partial charge is 0.137 e. The average molecular weight is 730 g/mol. The predicted molar refractivity (Wildman–Crippen MR) is 236 cm³/mol. The van der Waals surface area contributed by atoms with Gasteiger partial charge in [0, 0.05) is 50.1 Å². The highest BCUT2D eigenvalue weighted by Gasteiger charge is 2.36. The SMILES string of the molecule is CC(C)(C)c1cc(C(C)(C)C)c2c(c1)oc1ccc(N(c3ccc4c(c3)C(C)(C)c3ccccc3-4)c3ccc4c(c3)oc3cccc(-c5ccccc5)c34)cc12. The van der Waals surface area contributed by atoms with Crippen molar-refractivity contribution in [1.82, 2.24) is 0 Å². The fourth-order valence-corrected chi connectivity index (χ4v) is 9.15. The van der Waals surface area contributed by atoms with Gasteiger partial charge in [-0.1, -0.05) is 134 Å². The second-order valence-corrected chi connectivity index (χ2v) is 18.2. The van der Waals surface area contributed by atoms with Crippen LogP contribution in [0, 0.1) is 0 Å². The molecule has 0 amide bonds. The molecule has 0 aliphatic heterocycles. The molecule has 2 heterocycles. The van der Waals surface area contributed by atoms with E-state index in [-0.39, 0.29) is 16.2 Å². The van der Waals surface area contributed by atoms with Gasteiger partial charge in [-0.25, -0.2) is 0 Å². The summed E-state index contributed by atoms with van der Waals surface area (Å²) in [5.41, 5.74) is 16.8. The lowest BCUT2D eigenvalue weighted by Gasteiger charge is -2.28. The highest BCUT2D eigenvalue weighted by atomic mass is 16.3. The molecular formula is C53H47NO2. The van der Waals surface area contributed by atoms with Gasteiger partial charge in [0.2, 0.25) is 0 Å². The van der Waals surface area contributed by atoms with Crippen LogP contribution in [0.3, 0.4) is 0 Å². The number of nitrogens with zero attached hydrogens (tertiary/aromatic N) is 1. The molecule has 7 aromatic carbocycles. The summed E-state index contributed by atoms with van der Waals surface area (Å²) in [4.78, 5) is 2.39. The Balaban J connectivity index is 1.21. The first-order valence-electron chi connectivity index (χ1n) is 19.8. The first-order chi connectivity index (χ1) is 26.8. The Bertz CT molecular complexity index is 3020. The van der Waals surface area contributed by atoms with Gasteiger partial charge in [0.1, 0.15) is 22.3 Å². The molecule has 1 aliphatic rings. The van der Waals surface area contributed by atoms with Crippen LogP contribution >= 0.6 is 0 Å². The summed E-state index contributed by atoms with van der Waals surface area (Å²) in [6, 6.07) is 50.8. The van der Waals surface area contributed by atoms with E-state index in [1.807, 2.05) is 0 Å². The molecule has 56 heavy (non-hydrogen) atoms. The van der Waals surface area contributed by atoms with Crippen LogP contribution in [-0.4, -0.2) is 0 Å². The summed E-state index contributed by atoms with van der Waals surface area (Å²) in [5.74, 6) is 0. The van der Waals surface area contributed by atoms with Crippen molar-refractivity contribution in [2.45, 2.75) is 71.6 Å². The van der Waals surface area contributed by atoms with Crippen LogP contribution < -0.4 is 4.90 Å². The molecular weight excluding hydrogens is 683 g/mol. The number of hydrogen-bond donors (Lipinski definition) is 0. The Morgan fingerprint density at radius 3 is 1.89 bits per heavy atom. The topological polar surface area (TPSA) is 29.5 Å². The monoisotopic (exact) mass is 729 g/mol. The lowest BCUT2D eigenvalue weighted by atomic mass is 9.79. The molecule has 0 atom stereocenters. The molecule has 2 aromatic heterocycles. The maximum atomic E-state index is 6.70. The molecule has 0 fully saturated rings. The second kappa shape index (κ2) is 12.0. The molecule has 1 aliphatic carbocycles. The standard InChI is InChI=1S/C53H47NO2/c1-51(2,3)33-27-44(52(4,5)6)50-41-29-34(23-26-45(41)55-48(50)28-33)54(35-21-24-39-38-17-12-13-19-42(38)53(7,8)43(39)30-35)36-22-25-40-47(31-36)56-46-20-14-18-37(49(40)46)32-15-10-9-11-16-32/h9-31H,1-8H3. The predicted octanol–water partition coefficient (Wildman–Crippen LogP) is 15.5. The van der Waals surface area contributed by atoms with E-state index in [4.69, 9.17) is 8.83 Å². The lowest BCUT2D eigenvalue weighted by Crippen LogP contribution is -2.16. The third-order valence-corrected chi connectivity index (χ3v) is 12.1. The van der Waals surface area contributed by atoms with Gasteiger partial charge in [-0.15, -0.1) is 0 Å². The molecule has 0 saturated carbocycles. The first-order valence-corrected chi connectivity index (χ1v) is 19.8. The number of fused-ring (bicyclic) bond motifs is 9. The summed E-state index contributed by atoms with van der Waals surface area (Å²) < 4.78 is 13.4.